The Morgan fingerprint density at radius 3 is 2.50 bits per heavy atom. The summed E-state index contributed by atoms with van der Waals surface area (Å²) in [5.41, 5.74) is -0.800. The molecule has 0 bridgehead atoms. The van der Waals surface area contributed by atoms with Crippen molar-refractivity contribution >= 4 is 17.8 Å². The minimum atomic E-state index is -0.812. The van der Waals surface area contributed by atoms with Crippen LogP contribution in [0.1, 0.15) is 46.5 Å². The molecule has 3 fully saturated rings. The van der Waals surface area contributed by atoms with Crippen molar-refractivity contribution in [3.63, 3.8) is 0 Å². The Morgan fingerprint density at radius 1 is 1.27 bits per heavy atom. The Hall–Kier alpha value is -1.59. The first-order valence-electron chi connectivity index (χ1n) is 8.14. The van der Waals surface area contributed by atoms with E-state index in [9.17, 15) is 14.4 Å². The quantitative estimate of drug-likeness (QED) is 0.783. The average molecular weight is 307 g/mol. The number of likely N-dealkylation sites (tertiary alicyclic amines) is 1. The van der Waals surface area contributed by atoms with Gasteiger partial charge < -0.3 is 10.2 Å². The number of nitrogens with zero attached hydrogens (tertiary/aromatic N) is 2. The van der Waals surface area contributed by atoms with Crippen LogP contribution in [0.25, 0.3) is 0 Å². The van der Waals surface area contributed by atoms with Gasteiger partial charge in [0.05, 0.1) is 0 Å². The highest BCUT2D eigenvalue weighted by atomic mass is 16.2. The summed E-state index contributed by atoms with van der Waals surface area (Å²) in [5.74, 6) is 0.0277. The van der Waals surface area contributed by atoms with E-state index in [1.165, 1.54) is 0 Å². The van der Waals surface area contributed by atoms with E-state index < -0.39 is 11.6 Å². The molecule has 2 aliphatic heterocycles. The standard InChI is InChI=1S/C16H25N3O3/c1-11-7-15(2,3)10-16(8-11)13(21)19(14(22)17-16)9-12(20)18-5-4-6-18/h11H,4-10H2,1-3H3,(H,17,22). The number of carbonyl (C=O) groups is 3. The topological polar surface area (TPSA) is 69.7 Å². The van der Waals surface area contributed by atoms with Crippen molar-refractivity contribution in [2.24, 2.45) is 11.3 Å². The lowest BCUT2D eigenvalue weighted by atomic mass is 9.64. The summed E-state index contributed by atoms with van der Waals surface area (Å²) in [6.07, 6.45) is 3.35. The van der Waals surface area contributed by atoms with Crippen LogP contribution in [0.5, 0.6) is 0 Å². The second-order valence-electron chi connectivity index (χ2n) is 7.99. The van der Waals surface area contributed by atoms with Crippen LogP contribution in [0, 0.1) is 11.3 Å². The number of nitrogens with one attached hydrogen (secondary N) is 1. The zero-order chi connectivity index (χ0) is 16.1. The van der Waals surface area contributed by atoms with Crippen LogP contribution in [0.3, 0.4) is 0 Å². The molecule has 0 aromatic carbocycles. The van der Waals surface area contributed by atoms with Crippen molar-refractivity contribution in [1.29, 1.82) is 0 Å². The molecule has 4 amide bonds. The molecule has 0 radical (unpaired) electrons. The monoisotopic (exact) mass is 307 g/mol. The van der Waals surface area contributed by atoms with Crippen LogP contribution in [-0.4, -0.2) is 52.8 Å². The van der Waals surface area contributed by atoms with Gasteiger partial charge in [0.25, 0.3) is 5.91 Å². The minimum Gasteiger partial charge on any atom is -0.341 e. The summed E-state index contributed by atoms with van der Waals surface area (Å²) in [6, 6.07) is -0.413. The summed E-state index contributed by atoms with van der Waals surface area (Å²) in [4.78, 5) is 40.0. The number of imide groups is 1. The molecule has 3 aliphatic rings. The van der Waals surface area contributed by atoms with Crippen LogP contribution < -0.4 is 5.32 Å². The maximum absolute atomic E-state index is 12.9. The Bertz CT molecular complexity index is 527. The van der Waals surface area contributed by atoms with E-state index in [0.717, 1.165) is 30.8 Å². The van der Waals surface area contributed by atoms with E-state index in [4.69, 9.17) is 0 Å². The van der Waals surface area contributed by atoms with Gasteiger partial charge in [0.2, 0.25) is 5.91 Å². The second kappa shape index (κ2) is 4.96. The largest absolute Gasteiger partial charge is 0.341 e. The molecule has 2 saturated heterocycles. The molecular formula is C16H25N3O3. The van der Waals surface area contributed by atoms with E-state index in [0.29, 0.717) is 18.8 Å². The van der Waals surface area contributed by atoms with Gasteiger partial charge in [-0.05, 0) is 37.0 Å². The zero-order valence-corrected chi connectivity index (χ0v) is 13.6. The molecule has 1 aliphatic carbocycles. The molecule has 22 heavy (non-hydrogen) atoms. The lowest BCUT2D eigenvalue weighted by Crippen LogP contribution is -2.54. The molecule has 1 N–H and O–H groups in total. The van der Waals surface area contributed by atoms with Gasteiger partial charge >= 0.3 is 6.03 Å². The van der Waals surface area contributed by atoms with E-state index in [-0.39, 0.29) is 23.8 Å². The summed E-state index contributed by atoms with van der Waals surface area (Å²) in [5, 5.41) is 2.90. The maximum atomic E-state index is 12.9. The molecule has 6 nitrogen and oxygen atoms in total. The predicted molar refractivity (Wildman–Crippen MR) is 81.0 cm³/mol. The SMILES string of the molecule is CC1CC(C)(C)CC2(C1)NC(=O)N(CC(=O)N1CCC1)C2=O. The highest BCUT2D eigenvalue weighted by molar-refractivity contribution is 6.09. The molecule has 3 rings (SSSR count). The van der Waals surface area contributed by atoms with Crippen molar-refractivity contribution < 1.29 is 14.4 Å². The first-order chi connectivity index (χ1) is 10.2. The summed E-state index contributed by atoms with van der Waals surface area (Å²) in [7, 11) is 0. The van der Waals surface area contributed by atoms with Gasteiger partial charge in [-0.2, -0.15) is 0 Å². The number of hydrogen-bond donors (Lipinski definition) is 1. The first-order valence-corrected chi connectivity index (χ1v) is 8.14. The number of amides is 4. The minimum absolute atomic E-state index is 0.0120. The third kappa shape index (κ3) is 2.48. The van der Waals surface area contributed by atoms with Crippen LogP contribution in [0.15, 0.2) is 0 Å². The summed E-state index contributed by atoms with van der Waals surface area (Å²) >= 11 is 0. The molecule has 2 heterocycles. The molecule has 2 atom stereocenters. The Labute approximate surface area is 131 Å². The number of rotatable bonds is 2. The molecule has 1 spiro atoms. The van der Waals surface area contributed by atoms with Crippen molar-refractivity contribution in [3.05, 3.63) is 0 Å². The summed E-state index contributed by atoms with van der Waals surface area (Å²) < 4.78 is 0. The van der Waals surface area contributed by atoms with E-state index in [2.05, 4.69) is 26.1 Å². The van der Waals surface area contributed by atoms with Gasteiger partial charge in [-0.3, -0.25) is 14.5 Å². The first kappa shape index (κ1) is 15.3. The number of hydrogen-bond acceptors (Lipinski definition) is 3. The molecular weight excluding hydrogens is 282 g/mol. The van der Waals surface area contributed by atoms with Crippen molar-refractivity contribution in [1.82, 2.24) is 15.1 Å². The number of carbonyl (C=O) groups excluding carboxylic acids is 3. The van der Waals surface area contributed by atoms with E-state index >= 15 is 0 Å². The lowest BCUT2D eigenvalue weighted by molar-refractivity contribution is -0.142. The Balaban J connectivity index is 1.77. The van der Waals surface area contributed by atoms with Crippen LogP contribution in [0.2, 0.25) is 0 Å². The molecule has 0 aromatic rings. The van der Waals surface area contributed by atoms with E-state index in [1.807, 2.05) is 0 Å². The third-order valence-electron chi connectivity index (χ3n) is 5.13. The predicted octanol–water partition coefficient (Wildman–Crippen LogP) is 1.36. The highest BCUT2D eigenvalue weighted by Gasteiger charge is 2.56. The van der Waals surface area contributed by atoms with Crippen LogP contribution in [0.4, 0.5) is 4.79 Å². The van der Waals surface area contributed by atoms with E-state index in [1.54, 1.807) is 4.90 Å². The fourth-order valence-electron chi connectivity index (χ4n) is 4.45. The molecule has 6 heteroatoms. The van der Waals surface area contributed by atoms with Gasteiger partial charge in [0, 0.05) is 13.1 Å². The zero-order valence-electron chi connectivity index (χ0n) is 13.6. The number of urea groups is 1. The fraction of sp³-hybridized carbons (Fsp3) is 0.812. The third-order valence-corrected chi connectivity index (χ3v) is 5.13. The van der Waals surface area contributed by atoms with Crippen LogP contribution >= 0.6 is 0 Å². The van der Waals surface area contributed by atoms with Crippen LogP contribution in [-0.2, 0) is 9.59 Å². The normalized spacial score (nSPS) is 33.9. The highest BCUT2D eigenvalue weighted by Crippen LogP contribution is 2.46. The van der Waals surface area contributed by atoms with Gasteiger partial charge in [-0.1, -0.05) is 20.8 Å². The van der Waals surface area contributed by atoms with Gasteiger partial charge in [0.1, 0.15) is 12.1 Å². The fourth-order valence-corrected chi connectivity index (χ4v) is 4.45. The molecule has 1 saturated carbocycles. The maximum Gasteiger partial charge on any atom is 0.325 e. The molecule has 0 aromatic heterocycles. The van der Waals surface area contributed by atoms with Gasteiger partial charge in [0.15, 0.2) is 0 Å². The van der Waals surface area contributed by atoms with Crippen molar-refractivity contribution in [3.8, 4) is 0 Å². The average Bonchev–Trinajstić information content (AvgIpc) is 2.48. The Morgan fingerprint density at radius 2 is 1.95 bits per heavy atom. The van der Waals surface area contributed by atoms with Crippen molar-refractivity contribution in [2.45, 2.75) is 52.0 Å². The van der Waals surface area contributed by atoms with Gasteiger partial charge in [-0.25, -0.2) is 4.79 Å². The molecule has 2 unspecified atom stereocenters. The lowest BCUT2D eigenvalue weighted by Gasteiger charge is -2.43. The van der Waals surface area contributed by atoms with Gasteiger partial charge in [-0.15, -0.1) is 0 Å². The Kier molecular flexibility index (Phi) is 3.45. The second-order valence-corrected chi connectivity index (χ2v) is 7.99. The molecule has 122 valence electrons. The summed E-state index contributed by atoms with van der Waals surface area (Å²) in [6.45, 7) is 7.74. The smallest absolute Gasteiger partial charge is 0.325 e. The van der Waals surface area contributed by atoms with Crippen molar-refractivity contribution in [2.75, 3.05) is 19.6 Å².